The average molecular weight is 289 g/mol. The van der Waals surface area contributed by atoms with Crippen LogP contribution in [0.5, 0.6) is 0 Å². The highest BCUT2D eigenvalue weighted by atomic mass is 32.2. The largest absolute Gasteiger partial charge is 0.481 e. The number of hydrogen-bond donors (Lipinski definition) is 2. The van der Waals surface area contributed by atoms with Gasteiger partial charge in [-0.1, -0.05) is 27.7 Å². The fraction of sp³-hybridized carbons (Fsp3) is 0.857. The second kappa shape index (κ2) is 10.1. The fourth-order valence-corrected chi connectivity index (χ4v) is 2.68. The summed E-state index contributed by atoms with van der Waals surface area (Å²) >= 11 is 1.60. The van der Waals surface area contributed by atoms with E-state index in [1.807, 2.05) is 13.8 Å². The quantitative estimate of drug-likeness (QED) is 0.607. The van der Waals surface area contributed by atoms with Crippen molar-refractivity contribution in [2.24, 2.45) is 17.8 Å². The zero-order chi connectivity index (χ0) is 14.8. The first-order chi connectivity index (χ1) is 8.82. The van der Waals surface area contributed by atoms with Gasteiger partial charge in [-0.05, 0) is 30.4 Å². The van der Waals surface area contributed by atoms with Crippen LogP contribution < -0.4 is 5.32 Å². The van der Waals surface area contributed by atoms with Gasteiger partial charge in [0.15, 0.2) is 0 Å². The molecule has 0 fully saturated rings. The molecule has 0 aromatic heterocycles. The van der Waals surface area contributed by atoms with Gasteiger partial charge in [0.1, 0.15) is 0 Å². The summed E-state index contributed by atoms with van der Waals surface area (Å²) < 4.78 is 0. The van der Waals surface area contributed by atoms with Crippen LogP contribution in [0.25, 0.3) is 0 Å². The molecule has 0 heterocycles. The third-order valence-corrected chi connectivity index (χ3v) is 3.71. The van der Waals surface area contributed by atoms with Gasteiger partial charge in [-0.25, -0.2) is 0 Å². The molecule has 0 aliphatic carbocycles. The number of carboxylic acid groups (broad SMARTS) is 1. The van der Waals surface area contributed by atoms with E-state index in [0.29, 0.717) is 24.0 Å². The van der Waals surface area contributed by atoms with Crippen LogP contribution in [-0.4, -0.2) is 35.0 Å². The third-order valence-electron chi connectivity index (χ3n) is 2.72. The van der Waals surface area contributed by atoms with E-state index in [1.165, 1.54) is 0 Å². The number of nitrogens with one attached hydrogen (secondary N) is 1. The van der Waals surface area contributed by atoms with Crippen molar-refractivity contribution < 1.29 is 14.7 Å². The number of hydrogen-bond acceptors (Lipinski definition) is 3. The monoisotopic (exact) mass is 289 g/mol. The van der Waals surface area contributed by atoms with Crippen LogP contribution in [0.4, 0.5) is 0 Å². The van der Waals surface area contributed by atoms with Crippen molar-refractivity contribution in [2.45, 2.75) is 40.5 Å². The van der Waals surface area contributed by atoms with E-state index in [0.717, 1.165) is 12.2 Å². The highest BCUT2D eigenvalue weighted by molar-refractivity contribution is 7.99. The van der Waals surface area contributed by atoms with Crippen LogP contribution in [0.2, 0.25) is 0 Å². The van der Waals surface area contributed by atoms with E-state index in [2.05, 4.69) is 19.2 Å². The summed E-state index contributed by atoms with van der Waals surface area (Å²) in [5.41, 5.74) is 0. The molecule has 4 nitrogen and oxygen atoms in total. The summed E-state index contributed by atoms with van der Waals surface area (Å²) in [7, 11) is 0. The van der Waals surface area contributed by atoms with Crippen molar-refractivity contribution in [1.29, 1.82) is 0 Å². The summed E-state index contributed by atoms with van der Waals surface area (Å²) in [4.78, 5) is 22.6. The second-order valence-corrected chi connectivity index (χ2v) is 6.81. The molecule has 112 valence electrons. The maximum atomic E-state index is 11.6. The molecule has 19 heavy (non-hydrogen) atoms. The van der Waals surface area contributed by atoms with Crippen LogP contribution in [-0.2, 0) is 9.59 Å². The Morgan fingerprint density at radius 3 is 2.26 bits per heavy atom. The zero-order valence-corrected chi connectivity index (χ0v) is 13.3. The van der Waals surface area contributed by atoms with Gasteiger partial charge >= 0.3 is 5.97 Å². The molecule has 0 aromatic carbocycles. The van der Waals surface area contributed by atoms with Crippen LogP contribution in [0.1, 0.15) is 40.5 Å². The lowest BCUT2D eigenvalue weighted by molar-refractivity contribution is -0.142. The molecular formula is C14H27NO3S. The summed E-state index contributed by atoms with van der Waals surface area (Å²) in [6.07, 6.45) is 1.69. The van der Waals surface area contributed by atoms with Gasteiger partial charge in [-0.15, -0.1) is 0 Å². The van der Waals surface area contributed by atoms with Gasteiger partial charge in [-0.2, -0.15) is 11.8 Å². The normalized spacial score (nSPS) is 12.7. The molecule has 0 bridgehead atoms. The van der Waals surface area contributed by atoms with Crippen LogP contribution >= 0.6 is 11.8 Å². The number of aliphatic carboxylic acids is 1. The van der Waals surface area contributed by atoms with Crippen molar-refractivity contribution in [3.8, 4) is 0 Å². The van der Waals surface area contributed by atoms with Crippen LogP contribution in [0.3, 0.4) is 0 Å². The van der Waals surface area contributed by atoms with E-state index < -0.39 is 11.9 Å². The standard InChI is InChI=1S/C14H27NO3S/c1-10(2)5-6-19-9-13(16)15-8-12(14(17)18)7-11(3)4/h10-12H,5-9H2,1-4H3,(H,15,16)(H,17,18). The molecule has 0 radical (unpaired) electrons. The lowest BCUT2D eigenvalue weighted by Crippen LogP contribution is -2.34. The Morgan fingerprint density at radius 1 is 1.16 bits per heavy atom. The minimum Gasteiger partial charge on any atom is -0.481 e. The number of rotatable bonds is 10. The van der Waals surface area contributed by atoms with Crippen LogP contribution in [0, 0.1) is 17.8 Å². The molecule has 1 atom stereocenters. The Kier molecular flexibility index (Phi) is 9.74. The minimum absolute atomic E-state index is 0.0660. The molecule has 0 aliphatic heterocycles. The SMILES string of the molecule is CC(C)CCSCC(=O)NCC(CC(C)C)C(=O)O. The van der Waals surface area contributed by atoms with Crippen molar-refractivity contribution in [3.63, 3.8) is 0 Å². The highest BCUT2D eigenvalue weighted by Gasteiger charge is 2.19. The molecule has 1 amide bonds. The summed E-state index contributed by atoms with van der Waals surface area (Å²) in [6.45, 7) is 8.52. The zero-order valence-electron chi connectivity index (χ0n) is 12.4. The third kappa shape index (κ3) is 10.9. The minimum atomic E-state index is -0.832. The Bertz CT molecular complexity index is 280. The maximum Gasteiger partial charge on any atom is 0.308 e. The van der Waals surface area contributed by atoms with Crippen molar-refractivity contribution >= 4 is 23.6 Å². The first-order valence-corrected chi connectivity index (χ1v) is 8.05. The Morgan fingerprint density at radius 2 is 1.79 bits per heavy atom. The van der Waals surface area contributed by atoms with Crippen molar-refractivity contribution in [3.05, 3.63) is 0 Å². The van der Waals surface area contributed by atoms with E-state index in [4.69, 9.17) is 5.11 Å². The van der Waals surface area contributed by atoms with Gasteiger partial charge in [-0.3, -0.25) is 9.59 Å². The molecule has 0 aliphatic rings. The number of carboxylic acids is 1. The first kappa shape index (κ1) is 18.3. The van der Waals surface area contributed by atoms with E-state index in [9.17, 15) is 9.59 Å². The predicted octanol–water partition coefficient (Wildman–Crippen LogP) is 2.63. The van der Waals surface area contributed by atoms with Gasteiger partial charge in [0.25, 0.3) is 0 Å². The number of amides is 1. The summed E-state index contributed by atoms with van der Waals surface area (Å²) in [6, 6.07) is 0. The average Bonchev–Trinajstić information content (AvgIpc) is 2.29. The predicted molar refractivity (Wildman–Crippen MR) is 80.4 cm³/mol. The molecule has 1 unspecified atom stereocenters. The molecule has 0 spiro atoms. The molecule has 5 heteroatoms. The summed E-state index contributed by atoms with van der Waals surface area (Å²) in [5, 5.41) is 11.8. The molecule has 0 rings (SSSR count). The van der Waals surface area contributed by atoms with Crippen molar-refractivity contribution in [2.75, 3.05) is 18.1 Å². The Hall–Kier alpha value is -0.710. The number of carbonyl (C=O) groups excluding carboxylic acids is 1. The maximum absolute atomic E-state index is 11.6. The number of thioether (sulfide) groups is 1. The lowest BCUT2D eigenvalue weighted by atomic mass is 9.97. The Labute approximate surface area is 120 Å². The van der Waals surface area contributed by atoms with Gasteiger partial charge in [0, 0.05) is 6.54 Å². The highest BCUT2D eigenvalue weighted by Crippen LogP contribution is 2.11. The topological polar surface area (TPSA) is 66.4 Å². The van der Waals surface area contributed by atoms with E-state index in [1.54, 1.807) is 11.8 Å². The number of carbonyl (C=O) groups is 2. The van der Waals surface area contributed by atoms with Crippen molar-refractivity contribution in [1.82, 2.24) is 5.32 Å². The first-order valence-electron chi connectivity index (χ1n) is 6.90. The van der Waals surface area contributed by atoms with Gasteiger partial charge < -0.3 is 10.4 Å². The van der Waals surface area contributed by atoms with Gasteiger partial charge in [0.2, 0.25) is 5.91 Å². The smallest absolute Gasteiger partial charge is 0.308 e. The van der Waals surface area contributed by atoms with Crippen LogP contribution in [0.15, 0.2) is 0 Å². The summed E-state index contributed by atoms with van der Waals surface area (Å²) in [5.74, 6) is 0.978. The fourth-order valence-electron chi connectivity index (χ4n) is 1.61. The Balaban J connectivity index is 3.83. The van der Waals surface area contributed by atoms with Gasteiger partial charge in [0.05, 0.1) is 11.7 Å². The van der Waals surface area contributed by atoms with E-state index in [-0.39, 0.29) is 12.5 Å². The second-order valence-electron chi connectivity index (χ2n) is 5.70. The lowest BCUT2D eigenvalue weighted by Gasteiger charge is -2.15. The molecular weight excluding hydrogens is 262 g/mol. The molecule has 0 saturated heterocycles. The molecule has 0 saturated carbocycles. The molecule has 2 N–H and O–H groups in total. The molecule has 0 aromatic rings. The van der Waals surface area contributed by atoms with E-state index >= 15 is 0 Å².